The Balaban J connectivity index is 1.82. The van der Waals surface area contributed by atoms with Crippen LogP contribution in [0.4, 0.5) is 0 Å². The Labute approximate surface area is 120 Å². The topological polar surface area (TPSA) is 55.1 Å². The minimum absolute atomic E-state index is 0.162. The summed E-state index contributed by atoms with van der Waals surface area (Å²) < 4.78 is 0. The lowest BCUT2D eigenvalue weighted by Crippen LogP contribution is -2.24. The van der Waals surface area contributed by atoms with E-state index in [2.05, 4.69) is 17.2 Å². The van der Waals surface area contributed by atoms with Gasteiger partial charge in [0.2, 0.25) is 5.91 Å². The van der Waals surface area contributed by atoms with E-state index in [1.165, 1.54) is 25.7 Å². The number of hydrogen-bond donors (Lipinski definition) is 2. The van der Waals surface area contributed by atoms with Gasteiger partial charge in [-0.05, 0) is 36.5 Å². The molecule has 1 fully saturated rings. The second-order valence-corrected chi connectivity index (χ2v) is 5.34. The Bertz CT molecular complexity index is 507. The molecule has 1 aliphatic carbocycles. The normalized spacial score (nSPS) is 14.7. The standard InChI is InChI=1S/C17H22N2O/c18-10-4-9-14-7-3-8-16(11-14)13-19-17(20)12-15-5-1-2-6-15/h3,7-8,11,15H,1-2,5-6,10,12-13,18H2,(H,19,20). The third kappa shape index (κ3) is 4.71. The van der Waals surface area contributed by atoms with Crippen LogP contribution in [-0.2, 0) is 11.3 Å². The zero-order valence-corrected chi connectivity index (χ0v) is 11.8. The van der Waals surface area contributed by atoms with Crippen LogP contribution in [0.5, 0.6) is 0 Å². The molecular weight excluding hydrogens is 248 g/mol. The summed E-state index contributed by atoms with van der Waals surface area (Å²) in [6.07, 6.45) is 5.64. The first-order chi connectivity index (χ1) is 9.78. The van der Waals surface area contributed by atoms with Gasteiger partial charge in [0.1, 0.15) is 0 Å². The van der Waals surface area contributed by atoms with Crippen molar-refractivity contribution in [3.63, 3.8) is 0 Å². The number of carbonyl (C=O) groups is 1. The first-order valence-electron chi connectivity index (χ1n) is 7.32. The molecule has 0 saturated heterocycles. The fourth-order valence-corrected chi connectivity index (χ4v) is 2.66. The SMILES string of the molecule is NCC#Cc1cccc(CNC(=O)CC2CCCC2)c1. The van der Waals surface area contributed by atoms with Gasteiger partial charge in [0.05, 0.1) is 6.54 Å². The van der Waals surface area contributed by atoms with Crippen LogP contribution in [0.2, 0.25) is 0 Å². The number of hydrogen-bond acceptors (Lipinski definition) is 2. The van der Waals surface area contributed by atoms with Gasteiger partial charge in [-0.25, -0.2) is 0 Å². The van der Waals surface area contributed by atoms with Crippen LogP contribution in [0.25, 0.3) is 0 Å². The molecule has 0 unspecified atom stereocenters. The molecule has 1 saturated carbocycles. The highest BCUT2D eigenvalue weighted by atomic mass is 16.1. The smallest absolute Gasteiger partial charge is 0.220 e. The maximum Gasteiger partial charge on any atom is 0.220 e. The Morgan fingerprint density at radius 3 is 2.90 bits per heavy atom. The first-order valence-corrected chi connectivity index (χ1v) is 7.32. The molecule has 2 rings (SSSR count). The number of carbonyl (C=O) groups excluding carboxylic acids is 1. The average molecular weight is 270 g/mol. The molecule has 1 aromatic carbocycles. The van der Waals surface area contributed by atoms with Crippen LogP contribution < -0.4 is 11.1 Å². The van der Waals surface area contributed by atoms with Crippen molar-refractivity contribution in [2.45, 2.75) is 38.6 Å². The van der Waals surface area contributed by atoms with Crippen molar-refractivity contribution in [2.24, 2.45) is 11.7 Å². The van der Waals surface area contributed by atoms with E-state index in [1.807, 2.05) is 24.3 Å². The van der Waals surface area contributed by atoms with E-state index < -0.39 is 0 Å². The summed E-state index contributed by atoms with van der Waals surface area (Å²) in [5.74, 6) is 6.60. The molecular formula is C17H22N2O. The van der Waals surface area contributed by atoms with Gasteiger partial charge < -0.3 is 11.1 Å². The minimum Gasteiger partial charge on any atom is -0.352 e. The maximum atomic E-state index is 11.9. The summed E-state index contributed by atoms with van der Waals surface area (Å²) in [6, 6.07) is 7.91. The lowest BCUT2D eigenvalue weighted by Gasteiger charge is -2.09. The van der Waals surface area contributed by atoms with Crippen molar-refractivity contribution < 1.29 is 4.79 Å². The largest absolute Gasteiger partial charge is 0.352 e. The highest BCUT2D eigenvalue weighted by Crippen LogP contribution is 2.27. The Morgan fingerprint density at radius 1 is 1.35 bits per heavy atom. The molecule has 0 aromatic heterocycles. The zero-order chi connectivity index (χ0) is 14.2. The highest BCUT2D eigenvalue weighted by Gasteiger charge is 2.17. The molecule has 1 aliphatic rings. The molecule has 0 aliphatic heterocycles. The Morgan fingerprint density at radius 2 is 2.15 bits per heavy atom. The molecule has 0 bridgehead atoms. The van der Waals surface area contributed by atoms with Crippen LogP contribution in [0, 0.1) is 17.8 Å². The van der Waals surface area contributed by atoms with Gasteiger partial charge in [0.15, 0.2) is 0 Å². The van der Waals surface area contributed by atoms with Gasteiger partial charge >= 0.3 is 0 Å². The number of nitrogens with two attached hydrogens (primary N) is 1. The molecule has 0 spiro atoms. The summed E-state index contributed by atoms with van der Waals surface area (Å²) in [6.45, 7) is 0.937. The van der Waals surface area contributed by atoms with Crippen molar-refractivity contribution >= 4 is 5.91 Å². The van der Waals surface area contributed by atoms with Crippen molar-refractivity contribution in [3.8, 4) is 11.8 Å². The number of amides is 1. The van der Waals surface area contributed by atoms with Gasteiger partial charge in [-0.1, -0.05) is 36.8 Å². The second-order valence-electron chi connectivity index (χ2n) is 5.34. The van der Waals surface area contributed by atoms with Crippen LogP contribution in [0.15, 0.2) is 24.3 Å². The molecule has 3 N–H and O–H groups in total. The predicted octanol–water partition coefficient (Wildman–Crippen LogP) is 2.19. The summed E-state index contributed by atoms with van der Waals surface area (Å²) >= 11 is 0. The van der Waals surface area contributed by atoms with E-state index in [1.54, 1.807) is 0 Å². The molecule has 0 radical (unpaired) electrons. The van der Waals surface area contributed by atoms with Gasteiger partial charge in [-0.2, -0.15) is 0 Å². The van der Waals surface area contributed by atoms with Gasteiger partial charge in [-0.3, -0.25) is 4.79 Å². The second kappa shape index (κ2) is 7.72. The van der Waals surface area contributed by atoms with E-state index >= 15 is 0 Å². The molecule has 3 heteroatoms. The fourth-order valence-electron chi connectivity index (χ4n) is 2.66. The third-order valence-corrected chi connectivity index (χ3v) is 3.70. The van der Waals surface area contributed by atoms with E-state index in [9.17, 15) is 4.79 Å². The predicted molar refractivity (Wildman–Crippen MR) is 80.8 cm³/mol. The number of rotatable bonds is 4. The fraction of sp³-hybridized carbons (Fsp3) is 0.471. The van der Waals surface area contributed by atoms with Crippen molar-refractivity contribution in [1.82, 2.24) is 5.32 Å². The van der Waals surface area contributed by atoms with Crippen LogP contribution >= 0.6 is 0 Å². The van der Waals surface area contributed by atoms with Crippen molar-refractivity contribution in [2.75, 3.05) is 6.54 Å². The monoisotopic (exact) mass is 270 g/mol. The molecule has 0 heterocycles. The highest BCUT2D eigenvalue weighted by molar-refractivity contribution is 5.76. The molecule has 0 atom stereocenters. The summed E-state index contributed by atoms with van der Waals surface area (Å²) in [4.78, 5) is 11.9. The van der Waals surface area contributed by atoms with E-state index in [0.717, 1.165) is 11.1 Å². The van der Waals surface area contributed by atoms with E-state index in [4.69, 9.17) is 5.73 Å². The van der Waals surface area contributed by atoms with Crippen LogP contribution in [-0.4, -0.2) is 12.5 Å². The quantitative estimate of drug-likeness (QED) is 0.824. The third-order valence-electron chi connectivity index (χ3n) is 3.70. The lowest BCUT2D eigenvalue weighted by molar-refractivity contribution is -0.122. The summed E-state index contributed by atoms with van der Waals surface area (Å²) in [5.41, 5.74) is 7.38. The first kappa shape index (κ1) is 14.6. The van der Waals surface area contributed by atoms with Crippen LogP contribution in [0.1, 0.15) is 43.2 Å². The maximum absolute atomic E-state index is 11.9. The minimum atomic E-state index is 0.162. The molecule has 3 nitrogen and oxygen atoms in total. The molecule has 1 amide bonds. The zero-order valence-electron chi connectivity index (χ0n) is 11.8. The summed E-state index contributed by atoms with van der Waals surface area (Å²) in [7, 11) is 0. The van der Waals surface area contributed by atoms with Crippen LogP contribution in [0.3, 0.4) is 0 Å². The van der Waals surface area contributed by atoms with Gasteiger partial charge in [0, 0.05) is 18.5 Å². The van der Waals surface area contributed by atoms with Crippen molar-refractivity contribution in [3.05, 3.63) is 35.4 Å². The molecule has 106 valence electrons. The van der Waals surface area contributed by atoms with Crippen molar-refractivity contribution in [1.29, 1.82) is 0 Å². The molecule has 1 aromatic rings. The van der Waals surface area contributed by atoms with E-state index in [-0.39, 0.29) is 5.91 Å². The Hall–Kier alpha value is -1.79. The van der Waals surface area contributed by atoms with E-state index in [0.29, 0.717) is 25.4 Å². The van der Waals surface area contributed by atoms with Gasteiger partial charge in [-0.15, -0.1) is 0 Å². The number of nitrogens with one attached hydrogen (secondary N) is 1. The average Bonchev–Trinajstić information content (AvgIpc) is 2.96. The molecule has 20 heavy (non-hydrogen) atoms. The summed E-state index contributed by atoms with van der Waals surface area (Å²) in [5, 5.41) is 3.00. The Kier molecular flexibility index (Phi) is 5.64. The lowest BCUT2D eigenvalue weighted by atomic mass is 10.0. The number of benzene rings is 1. The van der Waals surface area contributed by atoms with Gasteiger partial charge in [0.25, 0.3) is 0 Å².